The summed E-state index contributed by atoms with van der Waals surface area (Å²) >= 11 is 0. The Morgan fingerprint density at radius 3 is 2.88 bits per heavy atom. The van der Waals surface area contributed by atoms with Gasteiger partial charge in [-0.1, -0.05) is 6.07 Å². The predicted octanol–water partition coefficient (Wildman–Crippen LogP) is 2.53. The van der Waals surface area contributed by atoms with Crippen molar-refractivity contribution in [3.8, 4) is 11.8 Å². The Hall–Kier alpha value is -1.60. The fourth-order valence-electron chi connectivity index (χ4n) is 1.41. The van der Waals surface area contributed by atoms with E-state index < -0.39 is 5.54 Å². The van der Waals surface area contributed by atoms with Crippen molar-refractivity contribution in [1.29, 1.82) is 5.26 Å². The highest BCUT2D eigenvalue weighted by atomic mass is 19.1. The van der Waals surface area contributed by atoms with Crippen LogP contribution in [-0.4, -0.2) is 12.1 Å². The maximum Gasteiger partial charge on any atom is 0.126 e. The smallest absolute Gasteiger partial charge is 0.126 e. The second-order valence-electron chi connectivity index (χ2n) is 4.39. The van der Waals surface area contributed by atoms with Gasteiger partial charge >= 0.3 is 0 Å². The van der Waals surface area contributed by atoms with Crippen molar-refractivity contribution < 1.29 is 9.13 Å². The van der Waals surface area contributed by atoms with Gasteiger partial charge in [-0.05, 0) is 38.3 Å². The van der Waals surface area contributed by atoms with Crippen molar-refractivity contribution in [1.82, 2.24) is 0 Å². The molecule has 1 rings (SSSR count). The number of rotatable bonds is 5. The summed E-state index contributed by atoms with van der Waals surface area (Å²) in [6.07, 6.45) is 1.22. The van der Waals surface area contributed by atoms with Gasteiger partial charge < -0.3 is 10.5 Å². The average molecular weight is 236 g/mol. The summed E-state index contributed by atoms with van der Waals surface area (Å²) in [7, 11) is 0. The predicted molar refractivity (Wildman–Crippen MR) is 64.1 cm³/mol. The zero-order chi connectivity index (χ0) is 12.9. The van der Waals surface area contributed by atoms with Crippen molar-refractivity contribution >= 4 is 0 Å². The van der Waals surface area contributed by atoms with Gasteiger partial charge in [-0.25, -0.2) is 4.39 Å². The standard InChI is InChI=1S/C13H17FN2O/c1-10-4-5-11(14)8-12(10)17-7-3-6-13(2,16)9-15/h4-5,8H,3,6-7,16H2,1-2H3. The van der Waals surface area contributed by atoms with Gasteiger partial charge in [0.25, 0.3) is 0 Å². The van der Waals surface area contributed by atoms with Gasteiger partial charge in [-0.15, -0.1) is 0 Å². The first-order valence-electron chi connectivity index (χ1n) is 5.54. The Bertz CT molecular complexity index is 424. The molecule has 0 spiro atoms. The van der Waals surface area contributed by atoms with Crippen molar-refractivity contribution in [2.45, 2.75) is 32.2 Å². The molecule has 0 fully saturated rings. The summed E-state index contributed by atoms with van der Waals surface area (Å²) < 4.78 is 18.4. The number of aryl methyl sites for hydroxylation is 1. The lowest BCUT2D eigenvalue weighted by molar-refractivity contribution is 0.293. The van der Waals surface area contributed by atoms with Crippen LogP contribution in [0.25, 0.3) is 0 Å². The molecule has 3 nitrogen and oxygen atoms in total. The highest BCUT2D eigenvalue weighted by Crippen LogP contribution is 2.19. The summed E-state index contributed by atoms with van der Waals surface area (Å²) in [5.74, 6) is 0.229. The minimum absolute atomic E-state index is 0.314. The first-order chi connectivity index (χ1) is 7.94. The molecule has 0 saturated heterocycles. The van der Waals surface area contributed by atoms with Gasteiger partial charge in [0.1, 0.15) is 17.1 Å². The molecule has 2 N–H and O–H groups in total. The van der Waals surface area contributed by atoms with Crippen LogP contribution in [0.15, 0.2) is 18.2 Å². The number of benzene rings is 1. The van der Waals surface area contributed by atoms with Crippen molar-refractivity contribution in [3.05, 3.63) is 29.6 Å². The first kappa shape index (κ1) is 13.5. The van der Waals surface area contributed by atoms with Gasteiger partial charge in [-0.3, -0.25) is 0 Å². The Morgan fingerprint density at radius 1 is 1.53 bits per heavy atom. The molecule has 1 aromatic rings. The molecule has 0 aliphatic rings. The third-order valence-electron chi connectivity index (χ3n) is 2.50. The quantitative estimate of drug-likeness (QED) is 0.799. The Morgan fingerprint density at radius 2 is 2.24 bits per heavy atom. The number of ether oxygens (including phenoxy) is 1. The van der Waals surface area contributed by atoms with E-state index in [1.807, 2.05) is 13.0 Å². The van der Waals surface area contributed by atoms with E-state index in [4.69, 9.17) is 15.7 Å². The minimum atomic E-state index is -0.819. The van der Waals surface area contributed by atoms with Crippen LogP contribution >= 0.6 is 0 Å². The number of hydrogen-bond acceptors (Lipinski definition) is 3. The van der Waals surface area contributed by atoms with E-state index in [0.717, 1.165) is 5.56 Å². The fraction of sp³-hybridized carbons (Fsp3) is 0.462. The van der Waals surface area contributed by atoms with Gasteiger partial charge in [0, 0.05) is 6.07 Å². The Balaban J connectivity index is 2.42. The minimum Gasteiger partial charge on any atom is -0.493 e. The highest BCUT2D eigenvalue weighted by Gasteiger charge is 2.16. The largest absolute Gasteiger partial charge is 0.493 e. The second-order valence-corrected chi connectivity index (χ2v) is 4.39. The Labute approximate surface area is 101 Å². The van der Waals surface area contributed by atoms with Gasteiger partial charge in [0.15, 0.2) is 0 Å². The number of halogens is 1. The molecule has 0 aliphatic heterocycles. The zero-order valence-electron chi connectivity index (χ0n) is 10.2. The van der Waals surface area contributed by atoms with Crippen molar-refractivity contribution in [3.63, 3.8) is 0 Å². The number of hydrogen-bond donors (Lipinski definition) is 1. The third-order valence-corrected chi connectivity index (χ3v) is 2.50. The van der Waals surface area contributed by atoms with E-state index in [2.05, 4.69) is 0 Å². The highest BCUT2D eigenvalue weighted by molar-refractivity contribution is 5.32. The van der Waals surface area contributed by atoms with Crippen LogP contribution in [0.1, 0.15) is 25.3 Å². The maximum atomic E-state index is 13.0. The van der Waals surface area contributed by atoms with Gasteiger partial charge in [0.05, 0.1) is 12.7 Å². The molecule has 0 aliphatic carbocycles. The van der Waals surface area contributed by atoms with Crippen LogP contribution in [0.3, 0.4) is 0 Å². The molecule has 0 radical (unpaired) electrons. The molecular weight excluding hydrogens is 219 g/mol. The van der Waals surface area contributed by atoms with Crippen LogP contribution in [0.2, 0.25) is 0 Å². The van der Waals surface area contributed by atoms with Crippen molar-refractivity contribution in [2.75, 3.05) is 6.61 Å². The van der Waals surface area contributed by atoms with Gasteiger partial charge in [0.2, 0.25) is 0 Å². The van der Waals surface area contributed by atoms with E-state index in [9.17, 15) is 4.39 Å². The molecule has 1 unspecified atom stereocenters. The third kappa shape index (κ3) is 4.41. The Kier molecular flexibility index (Phi) is 4.47. The van der Waals surface area contributed by atoms with Crippen LogP contribution in [0.5, 0.6) is 5.75 Å². The summed E-state index contributed by atoms with van der Waals surface area (Å²) in [4.78, 5) is 0. The molecule has 1 aromatic carbocycles. The zero-order valence-corrected chi connectivity index (χ0v) is 10.2. The summed E-state index contributed by atoms with van der Waals surface area (Å²) in [6.45, 7) is 3.97. The SMILES string of the molecule is Cc1ccc(F)cc1OCCCC(C)(N)C#N. The molecule has 0 saturated carbocycles. The summed E-state index contributed by atoms with van der Waals surface area (Å²) in [6, 6.07) is 6.46. The number of nitriles is 1. The van der Waals surface area contributed by atoms with Crippen LogP contribution < -0.4 is 10.5 Å². The van der Waals surface area contributed by atoms with E-state index >= 15 is 0 Å². The van der Waals surface area contributed by atoms with Crippen LogP contribution in [0.4, 0.5) is 4.39 Å². The topological polar surface area (TPSA) is 59.0 Å². The lowest BCUT2D eigenvalue weighted by Gasteiger charge is -2.15. The summed E-state index contributed by atoms with van der Waals surface area (Å²) in [5.41, 5.74) is 5.74. The van der Waals surface area contributed by atoms with Crippen LogP contribution in [0, 0.1) is 24.1 Å². The second kappa shape index (κ2) is 5.65. The lowest BCUT2D eigenvalue weighted by Crippen LogP contribution is -2.34. The molecule has 92 valence electrons. The normalized spacial score (nSPS) is 13.8. The number of nitrogens with two attached hydrogens (primary N) is 1. The molecule has 1 atom stereocenters. The monoisotopic (exact) mass is 236 g/mol. The lowest BCUT2D eigenvalue weighted by atomic mass is 10.00. The van der Waals surface area contributed by atoms with Crippen LogP contribution in [-0.2, 0) is 0 Å². The molecule has 0 aromatic heterocycles. The molecule has 4 heteroatoms. The molecule has 17 heavy (non-hydrogen) atoms. The molecule has 0 amide bonds. The van der Waals surface area contributed by atoms with E-state index in [-0.39, 0.29) is 5.82 Å². The first-order valence-corrected chi connectivity index (χ1v) is 5.54. The van der Waals surface area contributed by atoms with E-state index in [1.165, 1.54) is 12.1 Å². The van der Waals surface area contributed by atoms with E-state index in [0.29, 0.717) is 25.2 Å². The maximum absolute atomic E-state index is 13.0. The fourth-order valence-corrected chi connectivity index (χ4v) is 1.41. The molecular formula is C13H17FN2O. The average Bonchev–Trinajstić information content (AvgIpc) is 2.29. The van der Waals surface area contributed by atoms with Gasteiger partial charge in [-0.2, -0.15) is 5.26 Å². The number of nitrogens with zero attached hydrogens (tertiary/aromatic N) is 1. The van der Waals surface area contributed by atoms with Crippen molar-refractivity contribution in [2.24, 2.45) is 5.73 Å². The molecule has 0 bridgehead atoms. The summed E-state index contributed by atoms with van der Waals surface area (Å²) in [5, 5.41) is 8.73. The molecule has 0 heterocycles. The van der Waals surface area contributed by atoms with E-state index in [1.54, 1.807) is 13.0 Å².